The molecule has 2 aromatic carbocycles. The molecule has 0 fully saturated rings. The maximum Gasteiger partial charge on any atom is 0.342 e. The number of nitro benzene ring substituents is 1. The number of hydrogen-bond donors (Lipinski definition) is 1. The molecule has 0 unspecified atom stereocenters. The average molecular weight is 557 g/mol. The van der Waals surface area contributed by atoms with E-state index in [2.05, 4.69) is 10.2 Å². The Labute approximate surface area is 225 Å². The molecule has 4 rings (SSSR count). The largest absolute Gasteiger partial charge is 0.497 e. The summed E-state index contributed by atoms with van der Waals surface area (Å²) in [7, 11) is 3.09. The predicted molar refractivity (Wildman–Crippen MR) is 142 cm³/mol. The number of nitrogens with zero attached hydrogens (tertiary/aromatic N) is 4. The number of carboxylic acids is 1. The first kappa shape index (κ1) is 26.8. The third kappa shape index (κ3) is 5.66. The Morgan fingerprint density at radius 3 is 2.45 bits per heavy atom. The summed E-state index contributed by atoms with van der Waals surface area (Å²) in [6.45, 7) is 2.36. The van der Waals surface area contributed by atoms with Crippen LogP contribution in [-0.4, -0.2) is 45.0 Å². The summed E-state index contributed by atoms with van der Waals surface area (Å²) < 4.78 is 18.2. The van der Waals surface area contributed by atoms with Crippen molar-refractivity contribution in [2.45, 2.75) is 18.6 Å². The SMILES string of the molecule is CCn1c(S/C(=C\c2ccc(-c3ccc(Cl)c([N+](=O)[O-])c3)o2)C(=O)O)nnc1-c1cc(OC)cc(OC)c1. The molecule has 0 aliphatic rings. The van der Waals surface area contributed by atoms with Gasteiger partial charge in [0.25, 0.3) is 5.69 Å². The lowest BCUT2D eigenvalue weighted by molar-refractivity contribution is -0.384. The Morgan fingerprint density at radius 1 is 1.13 bits per heavy atom. The van der Waals surface area contributed by atoms with E-state index in [1.807, 2.05) is 6.92 Å². The van der Waals surface area contributed by atoms with E-state index in [0.717, 1.165) is 11.8 Å². The molecule has 11 nitrogen and oxygen atoms in total. The maximum absolute atomic E-state index is 12.1. The lowest BCUT2D eigenvalue weighted by Gasteiger charge is -2.10. The highest BCUT2D eigenvalue weighted by molar-refractivity contribution is 8.04. The van der Waals surface area contributed by atoms with Gasteiger partial charge in [-0.1, -0.05) is 11.6 Å². The number of halogens is 1. The van der Waals surface area contributed by atoms with Gasteiger partial charge in [-0.2, -0.15) is 0 Å². The number of methoxy groups -OCH3 is 2. The monoisotopic (exact) mass is 556 g/mol. The molecule has 2 aromatic heterocycles. The van der Waals surface area contributed by atoms with Gasteiger partial charge >= 0.3 is 5.97 Å². The predicted octanol–water partition coefficient (Wildman–Crippen LogP) is 6.02. The second-order valence-electron chi connectivity index (χ2n) is 7.69. The van der Waals surface area contributed by atoms with Crippen LogP contribution in [0.25, 0.3) is 28.8 Å². The minimum absolute atomic E-state index is 0.00165. The van der Waals surface area contributed by atoms with Gasteiger partial charge in [-0.25, -0.2) is 4.79 Å². The van der Waals surface area contributed by atoms with E-state index in [9.17, 15) is 20.0 Å². The molecule has 0 atom stereocenters. The molecular formula is C25H21ClN4O7S. The third-order valence-corrected chi connectivity index (χ3v) is 6.70. The summed E-state index contributed by atoms with van der Waals surface area (Å²) in [5.74, 6) is 1.03. The zero-order valence-corrected chi connectivity index (χ0v) is 21.9. The van der Waals surface area contributed by atoms with Crippen LogP contribution in [0.1, 0.15) is 12.7 Å². The van der Waals surface area contributed by atoms with Crippen molar-refractivity contribution in [1.29, 1.82) is 0 Å². The van der Waals surface area contributed by atoms with Gasteiger partial charge in [0, 0.05) is 35.9 Å². The zero-order chi connectivity index (χ0) is 27.4. The van der Waals surface area contributed by atoms with E-state index in [0.29, 0.717) is 45.9 Å². The molecule has 13 heteroatoms. The lowest BCUT2D eigenvalue weighted by atomic mass is 10.1. The second-order valence-corrected chi connectivity index (χ2v) is 9.11. The van der Waals surface area contributed by atoms with Crippen molar-refractivity contribution < 1.29 is 28.7 Å². The van der Waals surface area contributed by atoms with E-state index in [-0.39, 0.29) is 21.4 Å². The number of carboxylic acid groups (broad SMARTS) is 1. The highest BCUT2D eigenvalue weighted by Crippen LogP contribution is 2.35. The quantitative estimate of drug-likeness (QED) is 0.106. The van der Waals surface area contributed by atoms with Crippen LogP contribution < -0.4 is 9.47 Å². The van der Waals surface area contributed by atoms with E-state index in [1.54, 1.807) is 55.2 Å². The summed E-state index contributed by atoms with van der Waals surface area (Å²) >= 11 is 6.80. The summed E-state index contributed by atoms with van der Waals surface area (Å²) in [4.78, 5) is 22.6. The van der Waals surface area contributed by atoms with Crippen LogP contribution in [0.4, 0.5) is 5.69 Å². The molecule has 0 aliphatic heterocycles. The Bertz CT molecular complexity index is 1520. The summed E-state index contributed by atoms with van der Waals surface area (Å²) in [6.07, 6.45) is 1.35. The maximum atomic E-state index is 12.1. The van der Waals surface area contributed by atoms with E-state index in [1.165, 1.54) is 18.2 Å². The van der Waals surface area contributed by atoms with Gasteiger partial charge in [0.1, 0.15) is 32.9 Å². The second kappa shape index (κ2) is 11.4. The van der Waals surface area contributed by atoms with E-state index < -0.39 is 10.9 Å². The number of furan rings is 1. The van der Waals surface area contributed by atoms with Gasteiger partial charge in [-0.05, 0) is 55.1 Å². The van der Waals surface area contributed by atoms with Gasteiger partial charge in [0.05, 0.1) is 19.1 Å². The first-order chi connectivity index (χ1) is 18.2. The van der Waals surface area contributed by atoms with Crippen molar-refractivity contribution in [3.63, 3.8) is 0 Å². The molecule has 0 bridgehead atoms. The van der Waals surface area contributed by atoms with Crippen molar-refractivity contribution in [2.75, 3.05) is 14.2 Å². The van der Waals surface area contributed by atoms with Crippen LogP contribution >= 0.6 is 23.4 Å². The number of aliphatic carboxylic acids is 1. The number of ether oxygens (including phenoxy) is 2. The van der Waals surface area contributed by atoms with E-state index >= 15 is 0 Å². The van der Waals surface area contributed by atoms with Crippen molar-refractivity contribution in [2.24, 2.45) is 0 Å². The normalized spacial score (nSPS) is 11.4. The van der Waals surface area contributed by atoms with Crippen LogP contribution in [0, 0.1) is 10.1 Å². The fraction of sp³-hybridized carbons (Fsp3) is 0.160. The summed E-state index contributed by atoms with van der Waals surface area (Å²) in [5, 5.41) is 29.9. The minimum atomic E-state index is -1.19. The van der Waals surface area contributed by atoms with Crippen LogP contribution in [-0.2, 0) is 11.3 Å². The van der Waals surface area contributed by atoms with Crippen molar-refractivity contribution in [1.82, 2.24) is 14.8 Å². The molecule has 2 heterocycles. The van der Waals surface area contributed by atoms with Crippen molar-refractivity contribution >= 4 is 41.1 Å². The van der Waals surface area contributed by atoms with Crippen LogP contribution in [0.15, 0.2) is 63.0 Å². The van der Waals surface area contributed by atoms with Gasteiger partial charge in [-0.15, -0.1) is 10.2 Å². The smallest absolute Gasteiger partial charge is 0.342 e. The molecule has 0 spiro atoms. The Morgan fingerprint density at radius 2 is 1.84 bits per heavy atom. The fourth-order valence-electron chi connectivity index (χ4n) is 3.55. The Hall–Kier alpha value is -4.29. The number of carbonyl (C=O) groups is 1. The average Bonchev–Trinajstić information content (AvgIpc) is 3.54. The van der Waals surface area contributed by atoms with Crippen LogP contribution in [0.5, 0.6) is 11.5 Å². The van der Waals surface area contributed by atoms with Crippen LogP contribution in [0.2, 0.25) is 5.02 Å². The molecule has 4 aromatic rings. The number of aromatic nitrogens is 3. The third-order valence-electron chi connectivity index (χ3n) is 5.38. The highest BCUT2D eigenvalue weighted by Gasteiger charge is 2.20. The first-order valence-corrected chi connectivity index (χ1v) is 12.3. The minimum Gasteiger partial charge on any atom is -0.497 e. The zero-order valence-electron chi connectivity index (χ0n) is 20.4. The summed E-state index contributed by atoms with van der Waals surface area (Å²) in [5.41, 5.74) is 0.855. The number of hydrogen-bond acceptors (Lipinski definition) is 9. The fourth-order valence-corrected chi connectivity index (χ4v) is 4.61. The van der Waals surface area contributed by atoms with Gasteiger partial charge in [0.2, 0.25) is 0 Å². The number of nitro groups is 1. The lowest BCUT2D eigenvalue weighted by Crippen LogP contribution is -2.03. The van der Waals surface area contributed by atoms with Gasteiger partial charge in [-0.3, -0.25) is 10.1 Å². The van der Waals surface area contributed by atoms with Crippen molar-refractivity contribution in [3.05, 3.63) is 74.3 Å². The number of thioether (sulfide) groups is 1. The molecule has 0 saturated carbocycles. The highest BCUT2D eigenvalue weighted by atomic mass is 35.5. The number of rotatable bonds is 10. The molecule has 0 saturated heterocycles. The molecule has 0 amide bonds. The first-order valence-electron chi connectivity index (χ1n) is 11.1. The van der Waals surface area contributed by atoms with Crippen LogP contribution in [0.3, 0.4) is 0 Å². The Kier molecular flexibility index (Phi) is 8.03. The van der Waals surface area contributed by atoms with E-state index in [4.69, 9.17) is 25.5 Å². The summed E-state index contributed by atoms with van der Waals surface area (Å²) in [6, 6.07) is 12.7. The molecular weight excluding hydrogens is 536 g/mol. The van der Waals surface area contributed by atoms with Gasteiger partial charge < -0.3 is 23.6 Å². The number of benzene rings is 2. The topological polar surface area (TPSA) is 143 Å². The molecule has 38 heavy (non-hydrogen) atoms. The van der Waals surface area contributed by atoms with Gasteiger partial charge in [0.15, 0.2) is 11.0 Å². The molecule has 1 N–H and O–H groups in total. The molecule has 196 valence electrons. The van der Waals surface area contributed by atoms with Crippen molar-refractivity contribution in [3.8, 4) is 34.2 Å². The molecule has 0 aliphatic carbocycles. The molecule has 0 radical (unpaired) electrons. The Balaban J connectivity index is 1.65. The standard InChI is InChI=1S/C25H21ClN4O7S/c1-4-29-23(15-9-17(35-2)12-18(10-15)36-3)27-28-25(29)38-22(24(31)32)13-16-6-8-21(37-16)14-5-7-19(26)20(11-14)30(33)34/h5-13H,4H2,1-3H3,(H,31,32)/b22-13-.